The maximum atomic E-state index is 11.4. The van der Waals surface area contributed by atoms with Gasteiger partial charge in [0.2, 0.25) is 0 Å². The van der Waals surface area contributed by atoms with Gasteiger partial charge in [-0.1, -0.05) is 6.07 Å². The molecule has 0 atom stereocenters. The van der Waals surface area contributed by atoms with E-state index < -0.39 is 5.91 Å². The summed E-state index contributed by atoms with van der Waals surface area (Å²) in [5, 5.41) is 0. The van der Waals surface area contributed by atoms with E-state index in [9.17, 15) is 4.79 Å². The van der Waals surface area contributed by atoms with Gasteiger partial charge in [0.25, 0.3) is 0 Å². The van der Waals surface area contributed by atoms with Gasteiger partial charge < -0.3 is 10.2 Å². The third kappa shape index (κ3) is 3.15. The number of benzene rings is 1. The van der Waals surface area contributed by atoms with Crippen LogP contribution in [0.1, 0.15) is 27.4 Å². The number of anilines is 1. The highest BCUT2D eigenvalue weighted by molar-refractivity contribution is 7.98. The Kier molecular flexibility index (Phi) is 4.36. The van der Waals surface area contributed by atoms with Gasteiger partial charge in [-0.15, -0.1) is 11.8 Å². The fourth-order valence-corrected chi connectivity index (χ4v) is 2.87. The number of nitrogens with two attached hydrogens (primary N) is 2. The Bertz CT molecular complexity index is 637. The number of nitrogens with one attached hydrogen (secondary N) is 1. The van der Waals surface area contributed by atoms with E-state index >= 15 is 0 Å². The Morgan fingerprint density at radius 1 is 1.35 bits per heavy atom. The van der Waals surface area contributed by atoms with Crippen molar-refractivity contribution >= 4 is 23.4 Å². The lowest BCUT2D eigenvalue weighted by Crippen LogP contribution is -2.29. The molecule has 5 N–H and O–H groups in total. The summed E-state index contributed by atoms with van der Waals surface area (Å²) in [6.07, 6.45) is 0. The monoisotopic (exact) mass is 291 g/mol. The molecule has 0 saturated heterocycles. The molecule has 2 rings (SSSR count). The zero-order chi connectivity index (χ0) is 14.7. The average molecular weight is 291 g/mol. The van der Waals surface area contributed by atoms with E-state index in [4.69, 9.17) is 16.0 Å². The first-order valence-electron chi connectivity index (χ1n) is 6.10. The van der Waals surface area contributed by atoms with Gasteiger partial charge in [-0.05, 0) is 37.6 Å². The molecule has 6 heteroatoms. The molecule has 1 aromatic heterocycles. The van der Waals surface area contributed by atoms with Crippen LogP contribution in [0.3, 0.4) is 0 Å². The summed E-state index contributed by atoms with van der Waals surface area (Å²) >= 11 is 1.61. The first kappa shape index (κ1) is 14.5. The third-order valence-electron chi connectivity index (χ3n) is 2.93. The van der Waals surface area contributed by atoms with Crippen LogP contribution in [0.15, 0.2) is 33.6 Å². The minimum absolute atomic E-state index is 0.220. The van der Waals surface area contributed by atoms with Gasteiger partial charge in [0.05, 0.1) is 0 Å². The van der Waals surface area contributed by atoms with Gasteiger partial charge in [-0.2, -0.15) is 0 Å². The third-order valence-corrected chi connectivity index (χ3v) is 4.05. The highest BCUT2D eigenvalue weighted by Gasteiger charge is 2.13. The van der Waals surface area contributed by atoms with Gasteiger partial charge in [-0.3, -0.25) is 10.2 Å². The summed E-state index contributed by atoms with van der Waals surface area (Å²) in [6, 6.07) is 7.62. The van der Waals surface area contributed by atoms with Crippen LogP contribution >= 0.6 is 11.8 Å². The van der Waals surface area contributed by atoms with Crippen molar-refractivity contribution in [3.05, 3.63) is 46.9 Å². The second kappa shape index (κ2) is 6.02. The minimum Gasteiger partial charge on any atom is -0.456 e. The van der Waals surface area contributed by atoms with Crippen LogP contribution in [0.4, 0.5) is 5.69 Å². The number of aryl methyl sites for hydroxylation is 2. The number of carbonyl (C=O) groups is 1. The first-order chi connectivity index (χ1) is 9.51. The SMILES string of the molecule is Cc1ccc(N)c(SCc2cc(C(=O)NN)oc2C)c1. The smallest absolute Gasteiger partial charge is 0.300 e. The van der Waals surface area contributed by atoms with E-state index in [2.05, 4.69) is 5.43 Å². The highest BCUT2D eigenvalue weighted by atomic mass is 32.2. The fraction of sp³-hybridized carbons (Fsp3) is 0.214. The molecule has 0 saturated carbocycles. The number of hydrogen-bond donors (Lipinski definition) is 3. The van der Waals surface area contributed by atoms with Crippen LogP contribution in [0.25, 0.3) is 0 Å². The van der Waals surface area contributed by atoms with Crippen molar-refractivity contribution in [2.75, 3.05) is 5.73 Å². The lowest BCUT2D eigenvalue weighted by Gasteiger charge is -2.05. The molecule has 2 aromatic rings. The normalized spacial score (nSPS) is 10.6. The zero-order valence-corrected chi connectivity index (χ0v) is 12.2. The second-order valence-corrected chi connectivity index (χ2v) is 5.51. The van der Waals surface area contributed by atoms with Crippen molar-refractivity contribution in [3.8, 4) is 0 Å². The number of thioether (sulfide) groups is 1. The molecule has 1 heterocycles. The average Bonchev–Trinajstić information content (AvgIpc) is 2.80. The van der Waals surface area contributed by atoms with Gasteiger partial charge >= 0.3 is 5.91 Å². The van der Waals surface area contributed by atoms with Crippen molar-refractivity contribution in [2.24, 2.45) is 5.84 Å². The first-order valence-corrected chi connectivity index (χ1v) is 7.09. The number of nitrogen functional groups attached to an aromatic ring is 2. The number of hydrogen-bond acceptors (Lipinski definition) is 5. The fourth-order valence-electron chi connectivity index (χ4n) is 1.77. The summed E-state index contributed by atoms with van der Waals surface area (Å²) in [4.78, 5) is 12.4. The Labute approximate surface area is 121 Å². The molecule has 0 spiro atoms. The highest BCUT2D eigenvalue weighted by Crippen LogP contribution is 2.30. The van der Waals surface area contributed by atoms with Crippen LogP contribution in [-0.4, -0.2) is 5.91 Å². The number of hydrazine groups is 1. The predicted octanol–water partition coefficient (Wildman–Crippen LogP) is 2.37. The summed E-state index contributed by atoms with van der Waals surface area (Å²) < 4.78 is 5.37. The minimum atomic E-state index is -0.431. The standard InChI is InChI=1S/C14H17N3O2S/c1-8-3-4-11(15)13(5-8)20-7-10-6-12(14(18)17-16)19-9(10)2/h3-6H,7,15-16H2,1-2H3,(H,17,18). The van der Waals surface area contributed by atoms with Crippen LogP contribution < -0.4 is 17.0 Å². The summed E-state index contributed by atoms with van der Waals surface area (Å²) in [6.45, 7) is 3.85. The van der Waals surface area contributed by atoms with Gasteiger partial charge in [0, 0.05) is 21.9 Å². The molecule has 0 aliphatic carbocycles. The Morgan fingerprint density at radius 2 is 2.10 bits per heavy atom. The number of amides is 1. The lowest BCUT2D eigenvalue weighted by molar-refractivity contribution is 0.0924. The van der Waals surface area contributed by atoms with Crippen LogP contribution in [0, 0.1) is 13.8 Å². The Hall–Kier alpha value is -1.92. The molecule has 5 nitrogen and oxygen atoms in total. The predicted molar refractivity (Wildman–Crippen MR) is 80.3 cm³/mol. The summed E-state index contributed by atoms with van der Waals surface area (Å²) in [7, 11) is 0. The van der Waals surface area contributed by atoms with Crippen LogP contribution in [0.2, 0.25) is 0 Å². The molecule has 0 aliphatic heterocycles. The van der Waals surface area contributed by atoms with Crippen molar-refractivity contribution < 1.29 is 9.21 Å². The van der Waals surface area contributed by atoms with E-state index in [1.807, 2.05) is 32.0 Å². The van der Waals surface area contributed by atoms with Gasteiger partial charge in [0.15, 0.2) is 5.76 Å². The van der Waals surface area contributed by atoms with E-state index in [1.54, 1.807) is 17.8 Å². The molecule has 20 heavy (non-hydrogen) atoms. The quantitative estimate of drug-likeness (QED) is 0.264. The van der Waals surface area contributed by atoms with Gasteiger partial charge in [0.1, 0.15) is 5.76 Å². The van der Waals surface area contributed by atoms with Crippen molar-refractivity contribution in [2.45, 2.75) is 24.5 Å². The van der Waals surface area contributed by atoms with E-state index in [0.29, 0.717) is 11.5 Å². The molecule has 106 valence electrons. The van der Waals surface area contributed by atoms with Gasteiger partial charge in [-0.25, -0.2) is 5.84 Å². The Balaban J connectivity index is 2.13. The number of rotatable bonds is 4. The van der Waals surface area contributed by atoms with E-state index in [0.717, 1.165) is 21.7 Å². The molecular formula is C14H17N3O2S. The summed E-state index contributed by atoms with van der Waals surface area (Å²) in [5.74, 6) is 6.26. The van der Waals surface area contributed by atoms with E-state index in [-0.39, 0.29) is 5.76 Å². The molecular weight excluding hydrogens is 274 g/mol. The van der Waals surface area contributed by atoms with Crippen LogP contribution in [0.5, 0.6) is 0 Å². The molecule has 0 fully saturated rings. The maximum Gasteiger partial charge on any atom is 0.300 e. The van der Waals surface area contributed by atoms with Crippen LogP contribution in [-0.2, 0) is 5.75 Å². The molecule has 1 aromatic carbocycles. The molecule has 0 radical (unpaired) electrons. The van der Waals surface area contributed by atoms with Crippen molar-refractivity contribution in [3.63, 3.8) is 0 Å². The Morgan fingerprint density at radius 3 is 2.80 bits per heavy atom. The molecule has 0 bridgehead atoms. The number of furan rings is 1. The second-order valence-electron chi connectivity index (χ2n) is 4.50. The van der Waals surface area contributed by atoms with Crippen molar-refractivity contribution in [1.82, 2.24) is 5.43 Å². The summed E-state index contributed by atoms with van der Waals surface area (Å²) in [5.41, 5.74) is 10.9. The van der Waals surface area contributed by atoms with E-state index in [1.165, 1.54) is 0 Å². The lowest BCUT2D eigenvalue weighted by atomic mass is 10.2. The molecule has 0 aliphatic rings. The maximum absolute atomic E-state index is 11.4. The molecule has 0 unspecified atom stereocenters. The largest absolute Gasteiger partial charge is 0.456 e. The molecule has 1 amide bonds. The number of carbonyl (C=O) groups excluding carboxylic acids is 1. The van der Waals surface area contributed by atoms with Crippen molar-refractivity contribution in [1.29, 1.82) is 0 Å². The topological polar surface area (TPSA) is 94.3 Å². The zero-order valence-electron chi connectivity index (χ0n) is 11.4.